The number of aromatic nitrogens is 4. The molecule has 1 aliphatic carbocycles. The van der Waals surface area contributed by atoms with Crippen LogP contribution in [0.15, 0.2) is 34.9 Å². The topological polar surface area (TPSA) is 99.8 Å². The first-order chi connectivity index (χ1) is 12.0. The molecule has 2 heterocycles. The summed E-state index contributed by atoms with van der Waals surface area (Å²) in [5.74, 6) is 0.0530. The van der Waals surface area contributed by atoms with Gasteiger partial charge >= 0.3 is 0 Å². The molecule has 4 rings (SSSR count). The van der Waals surface area contributed by atoms with Crippen molar-refractivity contribution in [3.05, 3.63) is 59.0 Å². The number of aryl methyl sites for hydroxylation is 1. The molecular weight excluding hydrogens is 318 g/mol. The van der Waals surface area contributed by atoms with Crippen molar-refractivity contribution in [2.75, 3.05) is 0 Å². The van der Waals surface area contributed by atoms with Gasteiger partial charge in [-0.15, -0.1) is 0 Å². The Morgan fingerprint density at radius 3 is 2.60 bits per heavy atom. The normalized spacial score (nSPS) is 15.8. The lowest BCUT2D eigenvalue weighted by atomic mass is 9.77. The lowest BCUT2D eigenvalue weighted by Crippen LogP contribution is -2.44. The van der Waals surface area contributed by atoms with Crippen molar-refractivity contribution in [3.63, 3.8) is 0 Å². The number of benzene rings is 1. The number of hydrogen-bond acceptors (Lipinski definition) is 6. The predicted octanol–water partition coefficient (Wildman–Crippen LogP) is 2.44. The molecular formula is C18H19N5O2. The van der Waals surface area contributed by atoms with Crippen LogP contribution in [0.5, 0.6) is 0 Å². The molecule has 0 unspecified atom stereocenters. The van der Waals surface area contributed by atoms with Gasteiger partial charge in [0, 0.05) is 0 Å². The Kier molecular flexibility index (Phi) is 3.54. The second-order valence-corrected chi connectivity index (χ2v) is 6.56. The van der Waals surface area contributed by atoms with Crippen LogP contribution in [0.4, 0.5) is 0 Å². The second-order valence-electron chi connectivity index (χ2n) is 6.56. The Labute approximate surface area is 144 Å². The second kappa shape index (κ2) is 5.63. The Morgan fingerprint density at radius 1 is 1.24 bits per heavy atom. The van der Waals surface area contributed by atoms with Crippen LogP contribution in [0, 0.1) is 13.8 Å². The maximum absolute atomic E-state index is 12.9. The van der Waals surface area contributed by atoms with E-state index in [-0.39, 0.29) is 11.7 Å². The van der Waals surface area contributed by atoms with Gasteiger partial charge in [-0.3, -0.25) is 4.79 Å². The zero-order valence-electron chi connectivity index (χ0n) is 14.2. The van der Waals surface area contributed by atoms with Crippen molar-refractivity contribution < 1.29 is 9.32 Å². The molecule has 0 spiro atoms. The van der Waals surface area contributed by atoms with Gasteiger partial charge in [0.05, 0.1) is 28.2 Å². The number of para-hydroxylation sites is 1. The molecule has 1 aromatic carbocycles. The van der Waals surface area contributed by atoms with E-state index in [0.29, 0.717) is 17.1 Å². The van der Waals surface area contributed by atoms with E-state index in [2.05, 4.69) is 15.2 Å². The number of carbonyl (C=O) groups excluding carboxylic acids is 1. The van der Waals surface area contributed by atoms with Gasteiger partial charge < -0.3 is 10.3 Å². The lowest BCUT2D eigenvalue weighted by molar-refractivity contribution is 0.0992. The highest BCUT2D eigenvalue weighted by atomic mass is 16.5. The number of ketones is 1. The summed E-state index contributed by atoms with van der Waals surface area (Å²) in [6.07, 6.45) is 2.66. The van der Waals surface area contributed by atoms with Crippen LogP contribution in [0.2, 0.25) is 0 Å². The minimum atomic E-state index is -0.555. The summed E-state index contributed by atoms with van der Waals surface area (Å²) in [4.78, 5) is 17.1. The van der Waals surface area contributed by atoms with E-state index in [9.17, 15) is 4.79 Å². The summed E-state index contributed by atoms with van der Waals surface area (Å²) < 4.78 is 6.95. The SMILES string of the molecule is Cc1nn(-c2ccccc2)c(C)c1C(=O)c1nc(C2(N)CCC2)no1. The van der Waals surface area contributed by atoms with E-state index in [1.54, 1.807) is 11.6 Å². The highest BCUT2D eigenvalue weighted by Crippen LogP contribution is 2.37. The van der Waals surface area contributed by atoms with Crippen molar-refractivity contribution in [2.45, 2.75) is 38.6 Å². The molecule has 0 bridgehead atoms. The lowest BCUT2D eigenvalue weighted by Gasteiger charge is -2.34. The molecule has 2 aromatic heterocycles. The van der Waals surface area contributed by atoms with Crippen molar-refractivity contribution in [2.24, 2.45) is 5.73 Å². The quantitative estimate of drug-likeness (QED) is 0.734. The summed E-state index contributed by atoms with van der Waals surface area (Å²) in [6.45, 7) is 3.65. The van der Waals surface area contributed by atoms with Crippen molar-refractivity contribution in [3.8, 4) is 5.69 Å². The first-order valence-corrected chi connectivity index (χ1v) is 8.29. The molecule has 3 aromatic rings. The molecule has 1 fully saturated rings. The molecule has 25 heavy (non-hydrogen) atoms. The number of carbonyl (C=O) groups is 1. The summed E-state index contributed by atoms with van der Waals surface area (Å²) in [6, 6.07) is 9.67. The Balaban J connectivity index is 1.70. The third kappa shape index (κ3) is 2.47. The fourth-order valence-corrected chi connectivity index (χ4v) is 3.20. The van der Waals surface area contributed by atoms with Gasteiger partial charge in [0.1, 0.15) is 0 Å². The minimum Gasteiger partial charge on any atom is -0.330 e. The van der Waals surface area contributed by atoms with Crippen LogP contribution >= 0.6 is 0 Å². The zero-order chi connectivity index (χ0) is 17.6. The first-order valence-electron chi connectivity index (χ1n) is 8.29. The van der Waals surface area contributed by atoms with E-state index in [1.807, 2.05) is 37.3 Å². The van der Waals surface area contributed by atoms with Crippen LogP contribution in [0.25, 0.3) is 5.69 Å². The summed E-state index contributed by atoms with van der Waals surface area (Å²) >= 11 is 0. The number of rotatable bonds is 4. The maximum atomic E-state index is 12.9. The van der Waals surface area contributed by atoms with Crippen molar-refractivity contribution in [1.29, 1.82) is 0 Å². The first kappa shape index (κ1) is 15.7. The molecule has 1 saturated carbocycles. The maximum Gasteiger partial charge on any atom is 0.299 e. The van der Waals surface area contributed by atoms with Crippen LogP contribution < -0.4 is 5.73 Å². The van der Waals surface area contributed by atoms with E-state index in [4.69, 9.17) is 10.3 Å². The van der Waals surface area contributed by atoms with Gasteiger partial charge in [-0.2, -0.15) is 10.1 Å². The molecule has 0 amide bonds. The molecule has 2 N–H and O–H groups in total. The number of nitrogens with two attached hydrogens (primary N) is 1. The number of nitrogens with zero attached hydrogens (tertiary/aromatic N) is 4. The average molecular weight is 337 g/mol. The highest BCUT2D eigenvalue weighted by molar-refractivity contribution is 6.07. The fourth-order valence-electron chi connectivity index (χ4n) is 3.20. The van der Waals surface area contributed by atoms with Crippen LogP contribution in [0.3, 0.4) is 0 Å². The van der Waals surface area contributed by atoms with E-state index in [1.165, 1.54) is 0 Å². The third-order valence-electron chi connectivity index (χ3n) is 4.83. The van der Waals surface area contributed by atoms with Gasteiger partial charge in [-0.05, 0) is 45.2 Å². The molecule has 7 nitrogen and oxygen atoms in total. The monoisotopic (exact) mass is 337 g/mol. The van der Waals surface area contributed by atoms with Crippen LogP contribution in [0.1, 0.15) is 52.7 Å². The van der Waals surface area contributed by atoms with Gasteiger partial charge in [-0.25, -0.2) is 4.68 Å². The van der Waals surface area contributed by atoms with Crippen LogP contribution in [-0.4, -0.2) is 25.7 Å². The standard InChI is InChI=1S/C18H19N5O2/c1-11-14(12(2)23(21-11)13-7-4-3-5-8-13)15(24)16-20-17(22-25-16)18(19)9-6-10-18/h3-5,7-8H,6,9-10,19H2,1-2H3. The molecule has 0 radical (unpaired) electrons. The van der Waals surface area contributed by atoms with Crippen molar-refractivity contribution in [1.82, 2.24) is 19.9 Å². The van der Waals surface area contributed by atoms with E-state index >= 15 is 0 Å². The number of hydrogen-bond donors (Lipinski definition) is 1. The predicted molar refractivity (Wildman–Crippen MR) is 90.5 cm³/mol. The fraction of sp³-hybridized carbons (Fsp3) is 0.333. The Bertz CT molecular complexity index is 938. The molecule has 0 atom stereocenters. The smallest absolute Gasteiger partial charge is 0.299 e. The third-order valence-corrected chi connectivity index (χ3v) is 4.83. The van der Waals surface area contributed by atoms with Crippen molar-refractivity contribution >= 4 is 5.78 Å². The largest absolute Gasteiger partial charge is 0.330 e. The van der Waals surface area contributed by atoms with Crippen LogP contribution in [-0.2, 0) is 5.54 Å². The van der Waals surface area contributed by atoms with Gasteiger partial charge in [0.15, 0.2) is 5.82 Å². The highest BCUT2D eigenvalue weighted by Gasteiger charge is 2.39. The molecule has 1 aliphatic rings. The van der Waals surface area contributed by atoms with E-state index < -0.39 is 5.54 Å². The molecule has 0 aliphatic heterocycles. The van der Waals surface area contributed by atoms with Gasteiger partial charge in [-0.1, -0.05) is 23.4 Å². The Hall–Kier alpha value is -2.80. The van der Waals surface area contributed by atoms with Gasteiger partial charge in [0.2, 0.25) is 0 Å². The molecule has 128 valence electrons. The molecule has 7 heteroatoms. The summed E-state index contributed by atoms with van der Waals surface area (Å²) in [7, 11) is 0. The Morgan fingerprint density at radius 2 is 1.96 bits per heavy atom. The molecule has 0 saturated heterocycles. The summed E-state index contributed by atoms with van der Waals surface area (Å²) in [5.41, 5.74) is 8.38. The summed E-state index contributed by atoms with van der Waals surface area (Å²) in [5, 5.41) is 8.41. The average Bonchev–Trinajstić information content (AvgIpc) is 3.18. The zero-order valence-corrected chi connectivity index (χ0v) is 14.2. The van der Waals surface area contributed by atoms with E-state index in [0.717, 1.165) is 30.6 Å². The minimum absolute atomic E-state index is 0.0365. The van der Waals surface area contributed by atoms with Gasteiger partial charge in [0.25, 0.3) is 11.7 Å².